The molecule has 7 nitrogen and oxygen atoms in total. The van der Waals surface area contributed by atoms with E-state index >= 15 is 0 Å². The summed E-state index contributed by atoms with van der Waals surface area (Å²) in [6.07, 6.45) is 0.364. The molecule has 0 radical (unpaired) electrons. The van der Waals surface area contributed by atoms with E-state index in [1.807, 2.05) is 47.4 Å². The zero-order chi connectivity index (χ0) is 22.2. The molecule has 0 bridgehead atoms. The molecular weight excluding hydrogens is 416 g/mol. The Morgan fingerprint density at radius 1 is 1.06 bits per heavy atom. The van der Waals surface area contributed by atoms with Crippen LogP contribution in [0.15, 0.2) is 47.5 Å². The number of nitrogens with one attached hydrogen (secondary N) is 1. The lowest BCUT2D eigenvalue weighted by molar-refractivity contribution is -0.131. The number of amides is 1. The van der Waals surface area contributed by atoms with E-state index in [0.29, 0.717) is 42.6 Å². The van der Waals surface area contributed by atoms with Crippen LogP contribution in [0.3, 0.4) is 0 Å². The Labute approximate surface area is 188 Å². The van der Waals surface area contributed by atoms with Crippen molar-refractivity contribution in [2.75, 3.05) is 47.4 Å². The number of rotatable bonds is 6. The third kappa shape index (κ3) is 5.82. The van der Waals surface area contributed by atoms with Gasteiger partial charge in [-0.2, -0.15) is 0 Å². The van der Waals surface area contributed by atoms with Crippen molar-refractivity contribution in [3.05, 3.63) is 58.6 Å². The summed E-state index contributed by atoms with van der Waals surface area (Å²) < 4.78 is 10.9. The Balaban J connectivity index is 1.54. The molecule has 1 fully saturated rings. The first-order valence-corrected chi connectivity index (χ1v) is 10.6. The van der Waals surface area contributed by atoms with Crippen LogP contribution in [0, 0.1) is 0 Å². The molecule has 0 spiro atoms. The van der Waals surface area contributed by atoms with Crippen LogP contribution in [0.5, 0.6) is 11.5 Å². The molecule has 31 heavy (non-hydrogen) atoms. The summed E-state index contributed by atoms with van der Waals surface area (Å²) in [6.45, 7) is 3.30. The molecule has 1 N–H and O–H groups in total. The maximum Gasteiger partial charge on any atom is 0.227 e. The van der Waals surface area contributed by atoms with Crippen molar-refractivity contribution in [2.24, 2.45) is 4.99 Å². The minimum absolute atomic E-state index is 0.117. The Bertz CT molecular complexity index is 927. The van der Waals surface area contributed by atoms with Gasteiger partial charge in [-0.25, -0.2) is 0 Å². The van der Waals surface area contributed by atoms with E-state index < -0.39 is 0 Å². The summed E-state index contributed by atoms with van der Waals surface area (Å²) in [6, 6.07) is 13.3. The third-order valence-corrected chi connectivity index (χ3v) is 5.54. The largest absolute Gasteiger partial charge is 0.493 e. The summed E-state index contributed by atoms with van der Waals surface area (Å²) in [5.74, 6) is 2.32. The summed E-state index contributed by atoms with van der Waals surface area (Å²) in [7, 11) is 5.03. The molecule has 1 saturated heterocycles. The Morgan fingerprint density at radius 3 is 2.42 bits per heavy atom. The minimum atomic E-state index is 0.117. The van der Waals surface area contributed by atoms with E-state index in [-0.39, 0.29) is 5.91 Å². The number of aliphatic imine (C=N–C) groups is 1. The predicted molar refractivity (Wildman–Crippen MR) is 123 cm³/mol. The molecule has 1 heterocycles. The molecule has 3 rings (SSSR count). The quantitative estimate of drug-likeness (QED) is 0.548. The second-order valence-corrected chi connectivity index (χ2v) is 7.66. The van der Waals surface area contributed by atoms with Gasteiger partial charge in [0, 0.05) is 50.4 Å². The number of hydrogen-bond acceptors (Lipinski definition) is 4. The van der Waals surface area contributed by atoms with Gasteiger partial charge in [-0.3, -0.25) is 9.79 Å². The van der Waals surface area contributed by atoms with Gasteiger partial charge in [-0.15, -0.1) is 0 Å². The van der Waals surface area contributed by atoms with Gasteiger partial charge in [0.1, 0.15) is 0 Å². The fourth-order valence-electron chi connectivity index (χ4n) is 3.70. The monoisotopic (exact) mass is 444 g/mol. The van der Waals surface area contributed by atoms with Crippen LogP contribution < -0.4 is 14.8 Å². The van der Waals surface area contributed by atoms with E-state index in [1.54, 1.807) is 21.3 Å². The molecule has 166 valence electrons. The molecule has 2 aromatic carbocycles. The summed E-state index contributed by atoms with van der Waals surface area (Å²) in [5, 5.41) is 4.04. The molecule has 0 atom stereocenters. The van der Waals surface area contributed by atoms with Gasteiger partial charge in [0.15, 0.2) is 17.5 Å². The number of piperazine rings is 1. The van der Waals surface area contributed by atoms with E-state index in [2.05, 4.69) is 15.2 Å². The van der Waals surface area contributed by atoms with Gasteiger partial charge < -0.3 is 24.6 Å². The number of benzene rings is 2. The molecule has 0 unspecified atom stereocenters. The molecule has 8 heteroatoms. The van der Waals surface area contributed by atoms with E-state index in [9.17, 15) is 4.79 Å². The second-order valence-electron chi connectivity index (χ2n) is 7.23. The number of hydrogen-bond donors (Lipinski definition) is 1. The first kappa shape index (κ1) is 22.7. The first-order chi connectivity index (χ1) is 15.0. The predicted octanol–water partition coefficient (Wildman–Crippen LogP) is 2.82. The highest BCUT2D eigenvalue weighted by molar-refractivity contribution is 6.30. The summed E-state index contributed by atoms with van der Waals surface area (Å²) >= 11 is 6.03. The average Bonchev–Trinajstić information content (AvgIpc) is 2.79. The van der Waals surface area contributed by atoms with Crippen LogP contribution in [0.2, 0.25) is 5.02 Å². The second kappa shape index (κ2) is 10.9. The minimum Gasteiger partial charge on any atom is -0.493 e. The van der Waals surface area contributed by atoms with Crippen molar-refractivity contribution < 1.29 is 14.3 Å². The average molecular weight is 445 g/mol. The lowest BCUT2D eigenvalue weighted by atomic mass is 10.1. The zero-order valence-corrected chi connectivity index (χ0v) is 19.0. The maximum atomic E-state index is 12.7. The van der Waals surface area contributed by atoms with Crippen LogP contribution in [0.1, 0.15) is 11.1 Å². The normalized spacial score (nSPS) is 14.4. The van der Waals surface area contributed by atoms with Crippen LogP contribution in [0.4, 0.5) is 0 Å². The van der Waals surface area contributed by atoms with Gasteiger partial charge >= 0.3 is 0 Å². The van der Waals surface area contributed by atoms with Gasteiger partial charge in [-0.1, -0.05) is 35.9 Å². The number of para-hydroxylation sites is 1. The van der Waals surface area contributed by atoms with Gasteiger partial charge in [0.2, 0.25) is 5.91 Å². The van der Waals surface area contributed by atoms with Crippen molar-refractivity contribution in [1.29, 1.82) is 0 Å². The molecule has 0 aliphatic carbocycles. The molecule has 1 aliphatic rings. The SMILES string of the molecule is CN=C(NCc1cccc(OC)c1OC)N1CCN(C(=O)Cc2cccc(Cl)c2)CC1. The molecular formula is C23H29ClN4O3. The van der Waals surface area contributed by atoms with Crippen LogP contribution in [0.25, 0.3) is 0 Å². The van der Waals surface area contributed by atoms with Gasteiger partial charge in [0.05, 0.1) is 20.6 Å². The molecule has 1 amide bonds. The number of halogens is 1. The first-order valence-electron chi connectivity index (χ1n) is 10.2. The topological polar surface area (TPSA) is 66.4 Å². The molecule has 0 aromatic heterocycles. The van der Waals surface area contributed by atoms with E-state index in [1.165, 1.54) is 0 Å². The number of guanidine groups is 1. The number of nitrogens with zero attached hydrogens (tertiary/aromatic N) is 3. The Kier molecular flexibility index (Phi) is 8.00. The molecule has 0 saturated carbocycles. The van der Waals surface area contributed by atoms with Crippen molar-refractivity contribution in [2.45, 2.75) is 13.0 Å². The molecule has 2 aromatic rings. The number of carbonyl (C=O) groups excluding carboxylic acids is 1. The maximum absolute atomic E-state index is 12.7. The van der Waals surface area contributed by atoms with Crippen molar-refractivity contribution in [3.8, 4) is 11.5 Å². The van der Waals surface area contributed by atoms with Gasteiger partial charge in [0.25, 0.3) is 0 Å². The summed E-state index contributed by atoms with van der Waals surface area (Å²) in [5.41, 5.74) is 1.92. The lowest BCUT2D eigenvalue weighted by Gasteiger charge is -2.36. The van der Waals surface area contributed by atoms with Crippen LogP contribution >= 0.6 is 11.6 Å². The van der Waals surface area contributed by atoms with Crippen LogP contribution in [-0.4, -0.2) is 69.1 Å². The number of carbonyl (C=O) groups is 1. The lowest BCUT2D eigenvalue weighted by Crippen LogP contribution is -2.53. The fraction of sp³-hybridized carbons (Fsp3) is 0.391. The Morgan fingerprint density at radius 2 is 1.77 bits per heavy atom. The standard InChI is InChI=1S/C23H29ClN4O3/c1-25-23(26-16-18-7-5-9-20(30-2)22(18)31-3)28-12-10-27(11-13-28)21(29)15-17-6-4-8-19(24)14-17/h4-9,14H,10-13,15-16H2,1-3H3,(H,25,26). The highest BCUT2D eigenvalue weighted by Crippen LogP contribution is 2.30. The van der Waals surface area contributed by atoms with Crippen molar-refractivity contribution >= 4 is 23.5 Å². The van der Waals surface area contributed by atoms with E-state index in [0.717, 1.165) is 30.2 Å². The smallest absolute Gasteiger partial charge is 0.227 e. The van der Waals surface area contributed by atoms with Crippen molar-refractivity contribution in [3.63, 3.8) is 0 Å². The highest BCUT2D eigenvalue weighted by Gasteiger charge is 2.23. The van der Waals surface area contributed by atoms with Gasteiger partial charge in [-0.05, 0) is 23.8 Å². The van der Waals surface area contributed by atoms with Crippen LogP contribution in [-0.2, 0) is 17.8 Å². The fourth-order valence-corrected chi connectivity index (χ4v) is 3.91. The zero-order valence-electron chi connectivity index (χ0n) is 18.2. The summed E-state index contributed by atoms with van der Waals surface area (Å²) in [4.78, 5) is 21.1. The Hall–Kier alpha value is -2.93. The number of methoxy groups -OCH3 is 2. The van der Waals surface area contributed by atoms with E-state index in [4.69, 9.17) is 21.1 Å². The third-order valence-electron chi connectivity index (χ3n) is 5.31. The van der Waals surface area contributed by atoms with Crippen molar-refractivity contribution in [1.82, 2.24) is 15.1 Å². The molecule has 1 aliphatic heterocycles. The highest BCUT2D eigenvalue weighted by atomic mass is 35.5. The number of ether oxygens (including phenoxy) is 2.